The van der Waals surface area contributed by atoms with Gasteiger partial charge in [0.2, 0.25) is 0 Å². The molecule has 100 valence electrons. The fraction of sp³-hybridized carbons (Fsp3) is 0.429. The maximum Gasteiger partial charge on any atom is 0.0697 e. The Morgan fingerprint density at radius 3 is 3.00 bits per heavy atom. The molecule has 1 aliphatic rings. The largest absolute Gasteiger partial charge is 0.330 e. The second-order valence-electron chi connectivity index (χ2n) is 5.24. The number of likely N-dealkylation sites (tertiary alicyclic amines) is 1. The van der Waals surface area contributed by atoms with Gasteiger partial charge in [0.1, 0.15) is 0 Å². The van der Waals surface area contributed by atoms with Gasteiger partial charge in [-0.2, -0.15) is 0 Å². The lowest BCUT2D eigenvalue weighted by atomic mass is 9.99. The Balaban J connectivity index is 1.88. The zero-order valence-electron chi connectivity index (χ0n) is 11.1. The summed E-state index contributed by atoms with van der Waals surface area (Å²) in [4.78, 5) is 2.39. The van der Waals surface area contributed by atoms with Crippen molar-refractivity contribution in [3.63, 3.8) is 0 Å². The van der Waals surface area contributed by atoms with Gasteiger partial charge in [-0.3, -0.25) is 4.90 Å². The third-order valence-electron chi connectivity index (χ3n) is 3.91. The van der Waals surface area contributed by atoms with Gasteiger partial charge in [-0.05, 0) is 43.6 Å². The molecule has 0 bridgehead atoms. The van der Waals surface area contributed by atoms with Crippen LogP contribution in [0.5, 0.6) is 0 Å². The summed E-state index contributed by atoms with van der Waals surface area (Å²) in [5.74, 6) is 0.602. The third kappa shape index (κ3) is 2.39. The van der Waals surface area contributed by atoms with Crippen LogP contribution in [0, 0.1) is 5.92 Å². The third-order valence-corrected chi connectivity index (χ3v) is 3.91. The Hall–Kier alpha value is -1.72. The highest BCUT2D eigenvalue weighted by molar-refractivity contribution is 5.36. The number of hydrogen-bond donors (Lipinski definition) is 1. The van der Waals surface area contributed by atoms with Crippen LogP contribution in [0.4, 0.5) is 0 Å². The van der Waals surface area contributed by atoms with E-state index in [4.69, 9.17) is 5.73 Å². The molecular formula is C14H19N5. The summed E-state index contributed by atoms with van der Waals surface area (Å²) in [5.41, 5.74) is 8.17. The lowest BCUT2D eigenvalue weighted by Crippen LogP contribution is -2.20. The molecule has 1 saturated heterocycles. The Kier molecular flexibility index (Phi) is 3.31. The van der Waals surface area contributed by atoms with Gasteiger partial charge < -0.3 is 5.73 Å². The van der Waals surface area contributed by atoms with Gasteiger partial charge in [0.15, 0.2) is 0 Å². The van der Waals surface area contributed by atoms with E-state index in [2.05, 4.69) is 40.5 Å². The lowest BCUT2D eigenvalue weighted by molar-refractivity contribution is 0.313. The molecule has 2 N–H and O–H groups in total. The zero-order valence-corrected chi connectivity index (χ0v) is 11.1. The summed E-state index contributed by atoms with van der Waals surface area (Å²) in [5, 5.41) is 7.89. The summed E-state index contributed by atoms with van der Waals surface area (Å²) in [6.45, 7) is 1.85. The molecule has 2 atom stereocenters. The van der Waals surface area contributed by atoms with Crippen LogP contribution in [0.25, 0.3) is 5.69 Å². The van der Waals surface area contributed by atoms with Gasteiger partial charge >= 0.3 is 0 Å². The van der Waals surface area contributed by atoms with Crippen LogP contribution in [0.1, 0.15) is 18.0 Å². The standard InChI is InChI=1S/C14H19N5/c1-18-10-11(9-15)7-14(18)12-3-2-4-13(8-12)19-6-5-16-17-19/h2-6,8,11,14H,7,9-10,15H2,1H3. The van der Waals surface area contributed by atoms with Crippen molar-refractivity contribution in [3.05, 3.63) is 42.2 Å². The summed E-state index contributed by atoms with van der Waals surface area (Å²) in [6, 6.07) is 8.95. The first-order valence-electron chi connectivity index (χ1n) is 6.65. The quantitative estimate of drug-likeness (QED) is 0.898. The van der Waals surface area contributed by atoms with Crippen LogP contribution in [-0.2, 0) is 0 Å². The average Bonchev–Trinajstić information content (AvgIpc) is 3.08. The van der Waals surface area contributed by atoms with E-state index in [0.717, 1.165) is 25.2 Å². The van der Waals surface area contributed by atoms with Gasteiger partial charge in [0, 0.05) is 12.6 Å². The molecule has 3 rings (SSSR count). The van der Waals surface area contributed by atoms with E-state index in [-0.39, 0.29) is 0 Å². The highest BCUT2D eigenvalue weighted by atomic mass is 15.4. The molecule has 2 aromatic rings. The second kappa shape index (κ2) is 5.11. The molecule has 1 aliphatic heterocycles. The Labute approximate surface area is 113 Å². The summed E-state index contributed by atoms with van der Waals surface area (Å²) in [7, 11) is 2.17. The first-order valence-corrected chi connectivity index (χ1v) is 6.65. The number of hydrogen-bond acceptors (Lipinski definition) is 4. The van der Waals surface area contributed by atoms with Crippen molar-refractivity contribution in [2.75, 3.05) is 20.1 Å². The van der Waals surface area contributed by atoms with E-state index in [1.807, 2.05) is 12.3 Å². The van der Waals surface area contributed by atoms with Gasteiger partial charge in [-0.1, -0.05) is 17.3 Å². The molecular weight excluding hydrogens is 238 g/mol. The van der Waals surface area contributed by atoms with Gasteiger partial charge in [0.25, 0.3) is 0 Å². The van der Waals surface area contributed by atoms with Crippen LogP contribution >= 0.6 is 0 Å². The van der Waals surface area contributed by atoms with E-state index < -0.39 is 0 Å². The van der Waals surface area contributed by atoms with Gasteiger partial charge in [0.05, 0.1) is 18.1 Å². The number of benzene rings is 1. The maximum atomic E-state index is 5.79. The van der Waals surface area contributed by atoms with E-state index in [9.17, 15) is 0 Å². The highest BCUT2D eigenvalue weighted by Gasteiger charge is 2.29. The topological polar surface area (TPSA) is 60.0 Å². The van der Waals surface area contributed by atoms with Crippen molar-refractivity contribution >= 4 is 0 Å². The van der Waals surface area contributed by atoms with Gasteiger partial charge in [-0.15, -0.1) is 5.10 Å². The summed E-state index contributed by atoms with van der Waals surface area (Å²) >= 11 is 0. The average molecular weight is 257 g/mol. The molecule has 0 spiro atoms. The van der Waals surface area contributed by atoms with Crippen molar-refractivity contribution in [3.8, 4) is 5.69 Å². The SMILES string of the molecule is CN1CC(CN)CC1c1cccc(-n2ccnn2)c1. The molecule has 0 radical (unpaired) electrons. The van der Waals surface area contributed by atoms with Crippen molar-refractivity contribution < 1.29 is 0 Å². The molecule has 0 amide bonds. The minimum absolute atomic E-state index is 0.456. The monoisotopic (exact) mass is 257 g/mol. The molecule has 5 heteroatoms. The van der Waals surface area contributed by atoms with E-state index >= 15 is 0 Å². The summed E-state index contributed by atoms with van der Waals surface area (Å²) < 4.78 is 1.79. The predicted octanol–water partition coefficient (Wildman–Crippen LogP) is 1.22. The summed E-state index contributed by atoms with van der Waals surface area (Å²) in [6.07, 6.45) is 4.69. The van der Waals surface area contributed by atoms with E-state index in [0.29, 0.717) is 12.0 Å². The van der Waals surface area contributed by atoms with Crippen LogP contribution in [0.15, 0.2) is 36.7 Å². The normalized spacial score (nSPS) is 23.9. The minimum Gasteiger partial charge on any atom is -0.330 e. The number of nitrogens with zero attached hydrogens (tertiary/aromatic N) is 4. The fourth-order valence-electron chi connectivity index (χ4n) is 2.89. The van der Waals surface area contributed by atoms with E-state index in [1.165, 1.54) is 5.56 Å². The predicted molar refractivity (Wildman–Crippen MR) is 73.9 cm³/mol. The van der Waals surface area contributed by atoms with Crippen LogP contribution < -0.4 is 5.73 Å². The Bertz CT molecular complexity index is 537. The van der Waals surface area contributed by atoms with E-state index in [1.54, 1.807) is 10.9 Å². The molecule has 1 aromatic carbocycles. The first kappa shape index (κ1) is 12.3. The Morgan fingerprint density at radius 1 is 1.42 bits per heavy atom. The lowest BCUT2D eigenvalue weighted by Gasteiger charge is -2.20. The molecule has 5 nitrogen and oxygen atoms in total. The van der Waals surface area contributed by atoms with Crippen molar-refractivity contribution in [2.45, 2.75) is 12.5 Å². The van der Waals surface area contributed by atoms with Gasteiger partial charge in [-0.25, -0.2) is 4.68 Å². The number of aromatic nitrogens is 3. The van der Waals surface area contributed by atoms with Crippen molar-refractivity contribution in [1.29, 1.82) is 0 Å². The smallest absolute Gasteiger partial charge is 0.0697 e. The zero-order chi connectivity index (χ0) is 13.2. The first-order chi connectivity index (χ1) is 9.28. The fourth-order valence-corrected chi connectivity index (χ4v) is 2.89. The molecule has 1 aromatic heterocycles. The van der Waals surface area contributed by atoms with Crippen LogP contribution in [0.3, 0.4) is 0 Å². The van der Waals surface area contributed by atoms with Crippen LogP contribution in [-0.4, -0.2) is 40.0 Å². The van der Waals surface area contributed by atoms with Crippen molar-refractivity contribution in [2.24, 2.45) is 11.7 Å². The number of rotatable bonds is 3. The number of nitrogens with two attached hydrogens (primary N) is 1. The minimum atomic E-state index is 0.456. The molecule has 2 heterocycles. The molecule has 1 fully saturated rings. The second-order valence-corrected chi connectivity index (χ2v) is 5.24. The van der Waals surface area contributed by atoms with Crippen LogP contribution in [0.2, 0.25) is 0 Å². The van der Waals surface area contributed by atoms with Crippen molar-refractivity contribution in [1.82, 2.24) is 19.9 Å². The molecule has 0 saturated carbocycles. The molecule has 0 aliphatic carbocycles. The molecule has 2 unspecified atom stereocenters. The molecule has 19 heavy (non-hydrogen) atoms. The Morgan fingerprint density at radius 2 is 2.32 bits per heavy atom. The highest BCUT2D eigenvalue weighted by Crippen LogP contribution is 2.34. The maximum absolute atomic E-state index is 5.79.